The predicted octanol–water partition coefficient (Wildman–Crippen LogP) is 2.66. The van der Waals surface area contributed by atoms with Gasteiger partial charge in [-0.25, -0.2) is 8.42 Å². The monoisotopic (exact) mass is 375 g/mol. The van der Waals surface area contributed by atoms with Crippen LogP contribution in [-0.4, -0.2) is 31.7 Å². The summed E-state index contributed by atoms with van der Waals surface area (Å²) in [6.07, 6.45) is 1.30. The van der Waals surface area contributed by atoms with Gasteiger partial charge in [0, 0.05) is 18.8 Å². The van der Waals surface area contributed by atoms with Crippen LogP contribution in [0.25, 0.3) is 0 Å². The smallest absolute Gasteiger partial charge is 0.252 e. The molecule has 1 amide bonds. The number of carbonyl (C=O) groups is 1. The molecule has 2 aromatic rings. The highest BCUT2D eigenvalue weighted by molar-refractivity contribution is 7.91. The molecule has 2 heterocycles. The Morgan fingerprint density at radius 3 is 2.68 bits per heavy atom. The van der Waals surface area contributed by atoms with E-state index in [4.69, 9.17) is 5.26 Å². The van der Waals surface area contributed by atoms with Gasteiger partial charge in [0.25, 0.3) is 10.0 Å². The van der Waals surface area contributed by atoms with Crippen molar-refractivity contribution in [3.8, 4) is 6.07 Å². The van der Waals surface area contributed by atoms with Crippen molar-refractivity contribution in [2.45, 2.75) is 17.1 Å². The molecule has 1 N–H and O–H groups in total. The number of rotatable bonds is 4. The fourth-order valence-corrected chi connectivity index (χ4v) is 5.45. The van der Waals surface area contributed by atoms with Gasteiger partial charge in [-0.1, -0.05) is 6.07 Å². The van der Waals surface area contributed by atoms with E-state index in [2.05, 4.69) is 5.32 Å². The second-order valence-electron chi connectivity index (χ2n) is 5.81. The highest BCUT2D eigenvalue weighted by atomic mass is 32.2. The number of hydrogen-bond donors (Lipinski definition) is 1. The number of sulfonamides is 1. The maximum atomic E-state index is 12.6. The number of anilines is 1. The number of benzene rings is 1. The van der Waals surface area contributed by atoms with Gasteiger partial charge in [0.1, 0.15) is 4.21 Å². The van der Waals surface area contributed by atoms with Crippen molar-refractivity contribution in [3.63, 3.8) is 0 Å². The minimum atomic E-state index is -3.53. The van der Waals surface area contributed by atoms with Gasteiger partial charge in [0.05, 0.1) is 17.6 Å². The summed E-state index contributed by atoms with van der Waals surface area (Å²) in [4.78, 5) is 12.5. The molecule has 0 spiro atoms. The Hall–Kier alpha value is -2.21. The number of amides is 1. The van der Waals surface area contributed by atoms with E-state index in [1.165, 1.54) is 15.6 Å². The molecule has 1 unspecified atom stereocenters. The largest absolute Gasteiger partial charge is 0.326 e. The summed E-state index contributed by atoms with van der Waals surface area (Å²) >= 11 is 1.18. The molecule has 1 fully saturated rings. The molecule has 0 aliphatic carbocycles. The van der Waals surface area contributed by atoms with Gasteiger partial charge < -0.3 is 5.32 Å². The van der Waals surface area contributed by atoms with Gasteiger partial charge >= 0.3 is 0 Å². The number of piperidine rings is 1. The second kappa shape index (κ2) is 7.35. The zero-order valence-corrected chi connectivity index (χ0v) is 15.0. The van der Waals surface area contributed by atoms with Crippen LogP contribution in [0, 0.1) is 17.2 Å². The lowest BCUT2D eigenvalue weighted by atomic mass is 9.98. The first-order valence-corrected chi connectivity index (χ1v) is 10.2. The molecule has 8 heteroatoms. The minimum Gasteiger partial charge on any atom is -0.326 e. The molecule has 1 saturated heterocycles. The predicted molar refractivity (Wildman–Crippen MR) is 95.6 cm³/mol. The quantitative estimate of drug-likeness (QED) is 0.889. The molecule has 0 bridgehead atoms. The van der Waals surface area contributed by atoms with Crippen LogP contribution < -0.4 is 5.32 Å². The first-order chi connectivity index (χ1) is 12.0. The van der Waals surface area contributed by atoms with Crippen molar-refractivity contribution in [1.29, 1.82) is 5.26 Å². The summed E-state index contributed by atoms with van der Waals surface area (Å²) in [6.45, 7) is 0.614. The Morgan fingerprint density at radius 1 is 1.28 bits per heavy atom. The SMILES string of the molecule is N#Cc1ccc(NC(=O)C2CCCN(S(=O)(=O)c3cccs3)C2)cc1. The third-order valence-electron chi connectivity index (χ3n) is 4.13. The zero-order valence-electron chi connectivity index (χ0n) is 13.4. The van der Waals surface area contributed by atoms with E-state index >= 15 is 0 Å². The van der Waals surface area contributed by atoms with Crippen LogP contribution in [0.15, 0.2) is 46.0 Å². The molecule has 1 aromatic heterocycles. The fraction of sp³-hybridized carbons (Fsp3) is 0.294. The van der Waals surface area contributed by atoms with Crippen LogP contribution in [0.2, 0.25) is 0 Å². The number of thiophene rings is 1. The highest BCUT2D eigenvalue weighted by Crippen LogP contribution is 2.27. The highest BCUT2D eigenvalue weighted by Gasteiger charge is 2.33. The molecular formula is C17H17N3O3S2. The Balaban J connectivity index is 1.68. The summed E-state index contributed by atoms with van der Waals surface area (Å²) in [7, 11) is -3.53. The second-order valence-corrected chi connectivity index (χ2v) is 8.93. The van der Waals surface area contributed by atoms with Gasteiger partial charge in [0.15, 0.2) is 0 Å². The molecule has 0 saturated carbocycles. The molecular weight excluding hydrogens is 358 g/mol. The van der Waals surface area contributed by atoms with Crippen LogP contribution in [0.3, 0.4) is 0 Å². The van der Waals surface area contributed by atoms with E-state index in [0.717, 1.165) is 0 Å². The molecule has 0 radical (unpaired) electrons. The molecule has 25 heavy (non-hydrogen) atoms. The number of nitriles is 1. The van der Waals surface area contributed by atoms with E-state index in [1.54, 1.807) is 41.8 Å². The standard InChI is InChI=1S/C17H17N3O3S2/c18-11-13-5-7-15(8-6-13)19-17(21)14-3-1-9-20(12-14)25(22,23)16-4-2-10-24-16/h2,4-8,10,14H,1,3,9,12H2,(H,19,21). The number of nitrogens with one attached hydrogen (secondary N) is 1. The Bertz CT molecular complexity index is 884. The van der Waals surface area contributed by atoms with Crippen LogP contribution in [0.4, 0.5) is 5.69 Å². The average Bonchev–Trinajstić information content (AvgIpc) is 3.18. The van der Waals surface area contributed by atoms with E-state index in [1.807, 2.05) is 6.07 Å². The Kier molecular flexibility index (Phi) is 5.18. The van der Waals surface area contributed by atoms with Crippen molar-refractivity contribution in [2.24, 2.45) is 5.92 Å². The van der Waals surface area contributed by atoms with E-state index < -0.39 is 10.0 Å². The molecule has 130 valence electrons. The van der Waals surface area contributed by atoms with Crippen LogP contribution in [0.1, 0.15) is 18.4 Å². The van der Waals surface area contributed by atoms with Gasteiger partial charge in [-0.05, 0) is 48.6 Å². The first-order valence-electron chi connectivity index (χ1n) is 7.85. The lowest BCUT2D eigenvalue weighted by Gasteiger charge is -2.30. The van der Waals surface area contributed by atoms with Crippen molar-refractivity contribution in [3.05, 3.63) is 47.3 Å². The molecule has 1 aliphatic heterocycles. The van der Waals surface area contributed by atoms with Crippen molar-refractivity contribution < 1.29 is 13.2 Å². The van der Waals surface area contributed by atoms with Gasteiger partial charge in [-0.3, -0.25) is 4.79 Å². The van der Waals surface area contributed by atoms with Crippen molar-refractivity contribution >= 4 is 33.0 Å². The maximum absolute atomic E-state index is 12.6. The summed E-state index contributed by atoms with van der Waals surface area (Å²) in [5.74, 6) is -0.588. The minimum absolute atomic E-state index is 0.183. The first kappa shape index (κ1) is 17.6. The third-order valence-corrected chi connectivity index (χ3v) is 7.36. The van der Waals surface area contributed by atoms with Gasteiger partial charge in [-0.2, -0.15) is 9.57 Å². The number of carbonyl (C=O) groups excluding carboxylic acids is 1. The molecule has 1 aromatic carbocycles. The fourth-order valence-electron chi connectivity index (χ4n) is 2.78. The summed E-state index contributed by atoms with van der Waals surface area (Å²) < 4.78 is 26.9. The molecule has 6 nitrogen and oxygen atoms in total. The maximum Gasteiger partial charge on any atom is 0.252 e. The Morgan fingerprint density at radius 2 is 2.04 bits per heavy atom. The van der Waals surface area contributed by atoms with E-state index in [9.17, 15) is 13.2 Å². The normalized spacial score (nSPS) is 18.4. The summed E-state index contributed by atoms with van der Waals surface area (Å²) in [5, 5.41) is 13.3. The van der Waals surface area contributed by atoms with Gasteiger partial charge in [-0.15, -0.1) is 11.3 Å². The van der Waals surface area contributed by atoms with Crippen molar-refractivity contribution in [2.75, 3.05) is 18.4 Å². The third kappa shape index (κ3) is 3.90. The lowest BCUT2D eigenvalue weighted by molar-refractivity contribution is -0.120. The molecule has 1 aliphatic rings. The number of nitrogens with zero attached hydrogens (tertiary/aromatic N) is 2. The van der Waals surface area contributed by atoms with Crippen LogP contribution in [-0.2, 0) is 14.8 Å². The van der Waals surface area contributed by atoms with Crippen LogP contribution >= 0.6 is 11.3 Å². The Labute approximate surface area is 150 Å². The summed E-state index contributed by atoms with van der Waals surface area (Å²) in [6, 6.07) is 11.9. The summed E-state index contributed by atoms with van der Waals surface area (Å²) in [5.41, 5.74) is 1.12. The zero-order chi connectivity index (χ0) is 17.9. The van der Waals surface area contributed by atoms with Crippen LogP contribution in [0.5, 0.6) is 0 Å². The topological polar surface area (TPSA) is 90.3 Å². The average molecular weight is 375 g/mol. The van der Waals surface area contributed by atoms with Gasteiger partial charge in [0.2, 0.25) is 5.91 Å². The van der Waals surface area contributed by atoms with E-state index in [0.29, 0.717) is 34.8 Å². The number of hydrogen-bond acceptors (Lipinski definition) is 5. The molecule has 3 rings (SSSR count). The molecule has 1 atom stereocenters. The van der Waals surface area contributed by atoms with Crippen molar-refractivity contribution in [1.82, 2.24) is 4.31 Å². The van der Waals surface area contributed by atoms with E-state index in [-0.39, 0.29) is 18.4 Å². The lowest BCUT2D eigenvalue weighted by Crippen LogP contribution is -2.43.